The Morgan fingerprint density at radius 2 is 1.96 bits per heavy atom. The Labute approximate surface area is 164 Å². The van der Waals surface area contributed by atoms with Crippen LogP contribution in [0.1, 0.15) is 33.6 Å². The monoisotopic (exact) mass is 476 g/mol. The van der Waals surface area contributed by atoms with Gasteiger partial charge in [-0.15, -0.1) is 24.0 Å². The largest absolute Gasteiger partial charge is 0.378 e. The Morgan fingerprint density at radius 3 is 2.46 bits per heavy atom. The summed E-state index contributed by atoms with van der Waals surface area (Å²) in [5.74, 6) is 1.45. The number of rotatable bonds is 9. The molecule has 0 radical (unpaired) electrons. The van der Waals surface area contributed by atoms with Crippen LogP contribution >= 0.6 is 24.0 Å². The highest BCUT2D eigenvalue weighted by Crippen LogP contribution is 2.12. The molecule has 0 aromatic rings. The van der Waals surface area contributed by atoms with E-state index >= 15 is 0 Å². The van der Waals surface area contributed by atoms with Crippen LogP contribution < -0.4 is 10.6 Å². The third-order valence-corrected chi connectivity index (χ3v) is 5.88. The van der Waals surface area contributed by atoms with Crippen molar-refractivity contribution in [2.24, 2.45) is 10.9 Å². The standard InChI is InChI=1S/C15H32N4O3S.HI/c1-5-22-14(13(2)3)7-8-17-15(16-4)18-9-11-19-10-6-12-23(19,20)21;/h13-14H,5-12H2,1-4H3,(H2,16,17,18);1H. The van der Waals surface area contributed by atoms with E-state index in [2.05, 4.69) is 29.5 Å². The van der Waals surface area contributed by atoms with Gasteiger partial charge in [0.1, 0.15) is 0 Å². The number of nitrogens with one attached hydrogen (secondary N) is 2. The molecule has 1 heterocycles. The van der Waals surface area contributed by atoms with Crippen molar-refractivity contribution in [3.05, 3.63) is 0 Å². The first-order valence-electron chi connectivity index (χ1n) is 8.44. The molecule has 2 N–H and O–H groups in total. The minimum atomic E-state index is -3.02. The van der Waals surface area contributed by atoms with Gasteiger partial charge in [0.05, 0.1) is 11.9 Å². The van der Waals surface area contributed by atoms with Crippen LogP contribution in [0.15, 0.2) is 4.99 Å². The lowest BCUT2D eigenvalue weighted by Crippen LogP contribution is -2.43. The molecule has 0 spiro atoms. The molecule has 1 saturated heterocycles. The Morgan fingerprint density at radius 1 is 1.29 bits per heavy atom. The van der Waals surface area contributed by atoms with Crippen molar-refractivity contribution in [2.75, 3.05) is 45.6 Å². The second-order valence-corrected chi connectivity index (χ2v) is 8.11. The Hall–Kier alpha value is -0.130. The highest BCUT2D eigenvalue weighted by Gasteiger charge is 2.27. The molecule has 0 aromatic carbocycles. The molecule has 0 bridgehead atoms. The number of halogens is 1. The van der Waals surface area contributed by atoms with Crippen molar-refractivity contribution in [2.45, 2.75) is 39.7 Å². The van der Waals surface area contributed by atoms with Crippen molar-refractivity contribution in [3.8, 4) is 0 Å². The van der Waals surface area contributed by atoms with E-state index in [1.165, 1.54) is 4.31 Å². The van der Waals surface area contributed by atoms with Gasteiger partial charge in [0.15, 0.2) is 5.96 Å². The SMILES string of the molecule is CCOC(CCNC(=NC)NCCN1CCCS1(=O)=O)C(C)C.I. The van der Waals surface area contributed by atoms with Crippen LogP contribution in [-0.2, 0) is 14.8 Å². The van der Waals surface area contributed by atoms with Crippen LogP contribution in [-0.4, -0.2) is 70.4 Å². The van der Waals surface area contributed by atoms with Crippen molar-refractivity contribution in [1.82, 2.24) is 14.9 Å². The van der Waals surface area contributed by atoms with Crippen LogP contribution in [0.2, 0.25) is 0 Å². The number of nitrogens with zero attached hydrogens (tertiary/aromatic N) is 2. The summed E-state index contributed by atoms with van der Waals surface area (Å²) in [6.45, 7) is 9.48. The van der Waals surface area contributed by atoms with Gasteiger partial charge in [0, 0.05) is 39.8 Å². The van der Waals surface area contributed by atoms with Gasteiger partial charge in [0.2, 0.25) is 10.0 Å². The number of hydrogen-bond donors (Lipinski definition) is 2. The summed E-state index contributed by atoms with van der Waals surface area (Å²) < 4.78 is 30.7. The van der Waals surface area contributed by atoms with Gasteiger partial charge in [-0.2, -0.15) is 0 Å². The van der Waals surface area contributed by atoms with Crippen LogP contribution in [0.25, 0.3) is 0 Å². The third kappa shape index (κ3) is 8.30. The van der Waals surface area contributed by atoms with E-state index in [9.17, 15) is 8.42 Å². The Balaban J connectivity index is 0.00000529. The van der Waals surface area contributed by atoms with Crippen molar-refractivity contribution >= 4 is 40.0 Å². The molecule has 0 amide bonds. The van der Waals surface area contributed by atoms with Gasteiger partial charge in [-0.1, -0.05) is 13.8 Å². The van der Waals surface area contributed by atoms with E-state index < -0.39 is 10.0 Å². The number of ether oxygens (including phenoxy) is 1. The van der Waals surface area contributed by atoms with Crippen molar-refractivity contribution in [3.63, 3.8) is 0 Å². The fraction of sp³-hybridized carbons (Fsp3) is 0.933. The predicted octanol–water partition coefficient (Wildman–Crippen LogP) is 1.26. The van der Waals surface area contributed by atoms with E-state index in [0.29, 0.717) is 31.5 Å². The molecule has 1 unspecified atom stereocenters. The first-order valence-corrected chi connectivity index (χ1v) is 10.1. The number of guanidine groups is 1. The summed E-state index contributed by atoms with van der Waals surface area (Å²) in [6, 6.07) is 0. The fourth-order valence-electron chi connectivity index (χ4n) is 2.62. The molecule has 144 valence electrons. The number of sulfonamides is 1. The van der Waals surface area contributed by atoms with Gasteiger partial charge < -0.3 is 15.4 Å². The fourth-order valence-corrected chi connectivity index (χ4v) is 4.15. The summed E-state index contributed by atoms with van der Waals surface area (Å²) in [5, 5.41) is 6.41. The normalized spacial score (nSPS) is 19.1. The maximum Gasteiger partial charge on any atom is 0.214 e. The van der Waals surface area contributed by atoms with Crippen molar-refractivity contribution < 1.29 is 13.2 Å². The van der Waals surface area contributed by atoms with Crippen LogP contribution in [0, 0.1) is 5.92 Å². The molecule has 0 aliphatic carbocycles. The lowest BCUT2D eigenvalue weighted by molar-refractivity contribution is 0.0258. The molecule has 1 aliphatic rings. The van der Waals surface area contributed by atoms with Gasteiger partial charge in [-0.05, 0) is 25.7 Å². The summed E-state index contributed by atoms with van der Waals surface area (Å²) in [4.78, 5) is 4.16. The van der Waals surface area contributed by atoms with E-state index in [4.69, 9.17) is 4.74 Å². The molecule has 1 rings (SSSR count). The molecular formula is C15H33IN4O3S. The highest BCUT2D eigenvalue weighted by molar-refractivity contribution is 14.0. The Kier molecular flexibility index (Phi) is 12.2. The Bertz CT molecular complexity index is 471. The second kappa shape index (κ2) is 12.3. The van der Waals surface area contributed by atoms with E-state index in [-0.39, 0.29) is 35.8 Å². The van der Waals surface area contributed by atoms with Gasteiger partial charge in [-0.3, -0.25) is 4.99 Å². The van der Waals surface area contributed by atoms with Gasteiger partial charge >= 0.3 is 0 Å². The lowest BCUT2D eigenvalue weighted by Gasteiger charge is -2.22. The zero-order chi connectivity index (χ0) is 17.3. The zero-order valence-corrected chi connectivity index (χ0v) is 18.4. The molecule has 7 nitrogen and oxygen atoms in total. The first kappa shape index (κ1) is 23.9. The summed E-state index contributed by atoms with van der Waals surface area (Å²) in [5.41, 5.74) is 0. The predicted molar refractivity (Wildman–Crippen MR) is 110 cm³/mol. The van der Waals surface area contributed by atoms with E-state index in [0.717, 1.165) is 26.0 Å². The molecule has 0 aromatic heterocycles. The van der Waals surface area contributed by atoms with Crippen LogP contribution in [0.3, 0.4) is 0 Å². The third-order valence-electron chi connectivity index (χ3n) is 3.93. The molecule has 24 heavy (non-hydrogen) atoms. The molecule has 1 aliphatic heterocycles. The molecular weight excluding hydrogens is 443 g/mol. The summed E-state index contributed by atoms with van der Waals surface area (Å²) in [6.07, 6.45) is 1.87. The summed E-state index contributed by atoms with van der Waals surface area (Å²) in [7, 11) is -1.31. The second-order valence-electron chi connectivity index (χ2n) is 6.02. The van der Waals surface area contributed by atoms with Gasteiger partial charge in [0.25, 0.3) is 0 Å². The number of hydrogen-bond acceptors (Lipinski definition) is 4. The molecule has 0 saturated carbocycles. The molecule has 1 fully saturated rings. The topological polar surface area (TPSA) is 83.0 Å². The van der Waals surface area contributed by atoms with E-state index in [1.54, 1.807) is 7.05 Å². The molecule has 1 atom stereocenters. The average Bonchev–Trinajstić information content (AvgIpc) is 2.83. The quantitative estimate of drug-likeness (QED) is 0.298. The zero-order valence-electron chi connectivity index (χ0n) is 15.2. The first-order chi connectivity index (χ1) is 10.9. The molecule has 9 heteroatoms. The van der Waals surface area contributed by atoms with Crippen LogP contribution in [0.5, 0.6) is 0 Å². The van der Waals surface area contributed by atoms with E-state index in [1.807, 2.05) is 6.92 Å². The maximum atomic E-state index is 11.7. The maximum absolute atomic E-state index is 11.7. The minimum absolute atomic E-state index is 0. The smallest absolute Gasteiger partial charge is 0.214 e. The lowest BCUT2D eigenvalue weighted by atomic mass is 10.0. The highest BCUT2D eigenvalue weighted by atomic mass is 127. The van der Waals surface area contributed by atoms with Gasteiger partial charge in [-0.25, -0.2) is 12.7 Å². The average molecular weight is 476 g/mol. The summed E-state index contributed by atoms with van der Waals surface area (Å²) >= 11 is 0. The van der Waals surface area contributed by atoms with Crippen LogP contribution in [0.4, 0.5) is 0 Å². The number of aliphatic imine (C=N–C) groups is 1. The van der Waals surface area contributed by atoms with Crippen molar-refractivity contribution in [1.29, 1.82) is 0 Å². The minimum Gasteiger partial charge on any atom is -0.378 e.